The standard InChI is InChI=1S/C20H25N5O3/c1-3-27-13-7-12-21-15-16-10-11-18(19(14-16)26-2)28-20-22-23-24-25(20)17-8-5-4-6-9-17/h4-6,8-11,14,21H,3,7,12-13,15H2,1-2H3. The Kier molecular flexibility index (Phi) is 7.34. The number of tetrazole rings is 1. The van der Waals surface area contributed by atoms with Gasteiger partial charge in [0.15, 0.2) is 11.5 Å². The first-order chi connectivity index (χ1) is 13.8. The van der Waals surface area contributed by atoms with E-state index in [0.29, 0.717) is 11.5 Å². The van der Waals surface area contributed by atoms with Crippen LogP contribution < -0.4 is 14.8 Å². The highest BCUT2D eigenvalue weighted by Crippen LogP contribution is 2.32. The second-order valence-electron chi connectivity index (χ2n) is 6.02. The van der Waals surface area contributed by atoms with Gasteiger partial charge in [-0.25, -0.2) is 0 Å². The molecule has 28 heavy (non-hydrogen) atoms. The van der Waals surface area contributed by atoms with Gasteiger partial charge in [-0.3, -0.25) is 0 Å². The Labute approximate surface area is 164 Å². The van der Waals surface area contributed by atoms with Gasteiger partial charge in [-0.2, -0.15) is 4.68 Å². The Balaban J connectivity index is 1.65. The number of para-hydroxylation sites is 1. The first-order valence-corrected chi connectivity index (χ1v) is 9.29. The summed E-state index contributed by atoms with van der Waals surface area (Å²) in [6.45, 7) is 5.17. The molecule has 0 unspecified atom stereocenters. The SMILES string of the molecule is CCOCCCNCc1ccc(Oc2nnnn2-c2ccccc2)c(OC)c1. The fourth-order valence-electron chi connectivity index (χ4n) is 2.65. The number of hydrogen-bond donors (Lipinski definition) is 1. The van der Waals surface area contributed by atoms with Gasteiger partial charge in [-0.05, 0) is 60.1 Å². The molecule has 3 rings (SSSR count). The number of methoxy groups -OCH3 is 1. The smallest absolute Gasteiger partial charge is 0.346 e. The molecule has 0 bridgehead atoms. The van der Waals surface area contributed by atoms with Crippen molar-refractivity contribution >= 4 is 0 Å². The zero-order valence-electron chi connectivity index (χ0n) is 16.2. The van der Waals surface area contributed by atoms with Crippen LogP contribution in [-0.4, -0.2) is 47.1 Å². The number of nitrogens with one attached hydrogen (secondary N) is 1. The third-order valence-corrected chi connectivity index (χ3v) is 4.05. The number of ether oxygens (including phenoxy) is 3. The molecule has 0 fully saturated rings. The normalized spacial score (nSPS) is 10.8. The summed E-state index contributed by atoms with van der Waals surface area (Å²) in [6, 6.07) is 15.6. The average Bonchev–Trinajstić information content (AvgIpc) is 3.20. The molecule has 0 aliphatic heterocycles. The maximum absolute atomic E-state index is 5.92. The molecule has 0 spiro atoms. The summed E-state index contributed by atoms with van der Waals surface area (Å²) in [4.78, 5) is 0. The number of rotatable bonds is 11. The topological polar surface area (TPSA) is 83.3 Å². The molecule has 0 amide bonds. The highest BCUT2D eigenvalue weighted by atomic mass is 16.5. The van der Waals surface area contributed by atoms with Gasteiger partial charge in [0.05, 0.1) is 12.8 Å². The fourth-order valence-corrected chi connectivity index (χ4v) is 2.65. The van der Waals surface area contributed by atoms with E-state index in [4.69, 9.17) is 14.2 Å². The highest BCUT2D eigenvalue weighted by molar-refractivity contribution is 5.44. The molecule has 1 aromatic heterocycles. The Morgan fingerprint density at radius 1 is 1.07 bits per heavy atom. The molecular weight excluding hydrogens is 358 g/mol. The van der Waals surface area contributed by atoms with E-state index < -0.39 is 0 Å². The molecule has 8 heteroatoms. The minimum Gasteiger partial charge on any atom is -0.493 e. The van der Waals surface area contributed by atoms with E-state index in [9.17, 15) is 0 Å². The molecule has 0 saturated heterocycles. The maximum Gasteiger partial charge on any atom is 0.346 e. The summed E-state index contributed by atoms with van der Waals surface area (Å²) < 4.78 is 18.3. The molecule has 8 nitrogen and oxygen atoms in total. The average molecular weight is 383 g/mol. The van der Waals surface area contributed by atoms with Crippen molar-refractivity contribution in [3.63, 3.8) is 0 Å². The quantitative estimate of drug-likeness (QED) is 0.510. The van der Waals surface area contributed by atoms with Gasteiger partial charge >= 0.3 is 6.01 Å². The maximum atomic E-state index is 5.92. The zero-order chi connectivity index (χ0) is 19.6. The van der Waals surface area contributed by atoms with Gasteiger partial charge in [0, 0.05) is 19.8 Å². The van der Waals surface area contributed by atoms with E-state index in [0.717, 1.165) is 44.0 Å². The van der Waals surface area contributed by atoms with Gasteiger partial charge < -0.3 is 19.5 Å². The van der Waals surface area contributed by atoms with Crippen LogP contribution in [0.5, 0.6) is 17.5 Å². The minimum atomic E-state index is 0.270. The predicted molar refractivity (Wildman–Crippen MR) is 105 cm³/mol. The molecule has 148 valence electrons. The van der Waals surface area contributed by atoms with Crippen LogP contribution in [0.1, 0.15) is 18.9 Å². The Morgan fingerprint density at radius 3 is 2.71 bits per heavy atom. The lowest BCUT2D eigenvalue weighted by atomic mass is 10.2. The second kappa shape index (κ2) is 10.4. The molecule has 0 aliphatic carbocycles. The van der Waals surface area contributed by atoms with Gasteiger partial charge in [-0.15, -0.1) is 0 Å². The van der Waals surface area contributed by atoms with Gasteiger partial charge in [0.25, 0.3) is 0 Å². The number of benzene rings is 2. The van der Waals surface area contributed by atoms with Gasteiger partial charge in [0.2, 0.25) is 0 Å². The van der Waals surface area contributed by atoms with Crippen molar-refractivity contribution in [2.24, 2.45) is 0 Å². The summed E-state index contributed by atoms with van der Waals surface area (Å²) in [5.41, 5.74) is 1.91. The number of aromatic nitrogens is 4. The number of nitrogens with zero attached hydrogens (tertiary/aromatic N) is 4. The lowest BCUT2D eigenvalue weighted by molar-refractivity contribution is 0.144. The van der Waals surface area contributed by atoms with Crippen molar-refractivity contribution in [2.45, 2.75) is 19.9 Å². The van der Waals surface area contributed by atoms with E-state index in [1.807, 2.05) is 55.5 Å². The summed E-state index contributed by atoms with van der Waals surface area (Å²) in [5.74, 6) is 1.17. The van der Waals surface area contributed by atoms with Crippen molar-refractivity contribution in [2.75, 3.05) is 26.9 Å². The summed E-state index contributed by atoms with van der Waals surface area (Å²) in [5, 5.41) is 15.1. The van der Waals surface area contributed by atoms with Crippen LogP contribution in [0.4, 0.5) is 0 Å². The van der Waals surface area contributed by atoms with Crippen LogP contribution >= 0.6 is 0 Å². The Hall–Kier alpha value is -2.97. The van der Waals surface area contributed by atoms with Crippen LogP contribution in [0.3, 0.4) is 0 Å². The number of hydrogen-bond acceptors (Lipinski definition) is 7. The fraction of sp³-hybridized carbons (Fsp3) is 0.350. The summed E-state index contributed by atoms with van der Waals surface area (Å²) >= 11 is 0. The van der Waals surface area contributed by atoms with Crippen molar-refractivity contribution in [3.8, 4) is 23.2 Å². The summed E-state index contributed by atoms with van der Waals surface area (Å²) in [7, 11) is 1.61. The van der Waals surface area contributed by atoms with Gasteiger partial charge in [-0.1, -0.05) is 29.4 Å². The molecular formula is C20H25N5O3. The first kappa shape index (κ1) is 19.8. The van der Waals surface area contributed by atoms with E-state index in [1.54, 1.807) is 7.11 Å². The van der Waals surface area contributed by atoms with E-state index in [-0.39, 0.29) is 6.01 Å². The van der Waals surface area contributed by atoms with Crippen LogP contribution in [0.15, 0.2) is 48.5 Å². The third-order valence-electron chi connectivity index (χ3n) is 4.05. The van der Waals surface area contributed by atoms with Crippen molar-refractivity contribution in [3.05, 3.63) is 54.1 Å². The zero-order valence-corrected chi connectivity index (χ0v) is 16.2. The van der Waals surface area contributed by atoms with Crippen molar-refractivity contribution in [1.29, 1.82) is 0 Å². The molecule has 1 N–H and O–H groups in total. The Bertz CT molecular complexity index is 854. The second-order valence-corrected chi connectivity index (χ2v) is 6.02. The molecule has 2 aromatic carbocycles. The lowest BCUT2D eigenvalue weighted by Gasteiger charge is -2.12. The molecule has 0 saturated carbocycles. The molecule has 0 radical (unpaired) electrons. The predicted octanol–water partition coefficient (Wildman–Crippen LogP) is 2.98. The van der Waals surface area contributed by atoms with Gasteiger partial charge in [0.1, 0.15) is 0 Å². The minimum absolute atomic E-state index is 0.270. The van der Waals surface area contributed by atoms with E-state index in [1.165, 1.54) is 4.68 Å². The van der Waals surface area contributed by atoms with E-state index in [2.05, 4.69) is 20.8 Å². The third kappa shape index (κ3) is 5.28. The molecule has 0 atom stereocenters. The van der Waals surface area contributed by atoms with Crippen molar-refractivity contribution in [1.82, 2.24) is 25.5 Å². The van der Waals surface area contributed by atoms with Crippen LogP contribution in [-0.2, 0) is 11.3 Å². The van der Waals surface area contributed by atoms with Crippen LogP contribution in [0, 0.1) is 0 Å². The van der Waals surface area contributed by atoms with Crippen LogP contribution in [0.2, 0.25) is 0 Å². The highest BCUT2D eigenvalue weighted by Gasteiger charge is 2.14. The summed E-state index contributed by atoms with van der Waals surface area (Å²) in [6.07, 6.45) is 0.980. The molecule has 0 aliphatic rings. The molecule has 1 heterocycles. The monoisotopic (exact) mass is 383 g/mol. The molecule has 3 aromatic rings. The Morgan fingerprint density at radius 2 is 1.93 bits per heavy atom. The van der Waals surface area contributed by atoms with Crippen molar-refractivity contribution < 1.29 is 14.2 Å². The largest absolute Gasteiger partial charge is 0.493 e. The lowest BCUT2D eigenvalue weighted by Crippen LogP contribution is -2.16. The van der Waals surface area contributed by atoms with E-state index >= 15 is 0 Å². The van der Waals surface area contributed by atoms with Crippen LogP contribution in [0.25, 0.3) is 5.69 Å². The first-order valence-electron chi connectivity index (χ1n) is 9.29.